The first kappa shape index (κ1) is 19.7. The Balaban J connectivity index is 1.76. The van der Waals surface area contributed by atoms with Crippen molar-refractivity contribution in [1.29, 1.82) is 0 Å². The molecule has 0 saturated heterocycles. The monoisotopic (exact) mass is 399 g/mol. The molecule has 28 heavy (non-hydrogen) atoms. The summed E-state index contributed by atoms with van der Waals surface area (Å²) in [4.78, 5) is 17.0. The lowest BCUT2D eigenvalue weighted by Gasteiger charge is -2.17. The van der Waals surface area contributed by atoms with E-state index in [2.05, 4.69) is 25.8 Å². The molecule has 1 unspecified atom stereocenters. The fraction of sp³-hybridized carbons (Fsp3) is 0.250. The number of aromatic nitrogens is 3. The predicted molar refractivity (Wildman–Crippen MR) is 109 cm³/mol. The minimum atomic E-state index is -0.506. The Hall–Kier alpha value is -3.06. The topological polar surface area (TPSA) is 91.9 Å². The third-order valence-electron chi connectivity index (χ3n) is 3.84. The van der Waals surface area contributed by atoms with Crippen LogP contribution in [0, 0.1) is 6.92 Å². The van der Waals surface area contributed by atoms with Crippen LogP contribution in [0.4, 0.5) is 10.5 Å². The Morgan fingerprint density at radius 2 is 1.93 bits per heavy atom. The molecule has 0 aliphatic heterocycles. The Morgan fingerprint density at radius 1 is 1.18 bits per heavy atom. The molecular weight excluding hydrogens is 378 g/mol. The fourth-order valence-electron chi connectivity index (χ4n) is 2.66. The average molecular weight is 400 g/mol. The van der Waals surface area contributed by atoms with Crippen molar-refractivity contribution < 1.29 is 9.53 Å². The van der Waals surface area contributed by atoms with Gasteiger partial charge in [0.1, 0.15) is 17.6 Å². The molecule has 0 aliphatic rings. The van der Waals surface area contributed by atoms with Gasteiger partial charge in [-0.15, -0.1) is 0 Å². The first-order valence-electron chi connectivity index (χ1n) is 8.90. The van der Waals surface area contributed by atoms with E-state index >= 15 is 0 Å². The highest BCUT2D eigenvalue weighted by molar-refractivity contribution is 6.33. The van der Waals surface area contributed by atoms with Crippen molar-refractivity contribution in [1.82, 2.24) is 20.5 Å². The zero-order valence-corrected chi connectivity index (χ0v) is 16.6. The summed E-state index contributed by atoms with van der Waals surface area (Å²) in [7, 11) is 0. The first-order valence-corrected chi connectivity index (χ1v) is 9.27. The molecule has 3 rings (SSSR count). The summed E-state index contributed by atoms with van der Waals surface area (Å²) in [5.74, 6) is 1.79. The van der Waals surface area contributed by atoms with Crippen molar-refractivity contribution in [3.8, 4) is 5.75 Å². The van der Waals surface area contributed by atoms with E-state index in [1.54, 1.807) is 25.1 Å². The van der Waals surface area contributed by atoms with Crippen molar-refractivity contribution >= 4 is 23.3 Å². The van der Waals surface area contributed by atoms with E-state index in [0.29, 0.717) is 28.1 Å². The van der Waals surface area contributed by atoms with Gasteiger partial charge < -0.3 is 15.4 Å². The maximum absolute atomic E-state index is 12.6. The number of nitrogens with one attached hydrogen (secondary N) is 3. The molecule has 1 atom stereocenters. The van der Waals surface area contributed by atoms with E-state index in [4.69, 9.17) is 16.3 Å². The van der Waals surface area contributed by atoms with Crippen LogP contribution in [-0.4, -0.2) is 27.3 Å². The summed E-state index contributed by atoms with van der Waals surface area (Å²) < 4.78 is 5.60. The van der Waals surface area contributed by atoms with E-state index in [-0.39, 0.29) is 6.10 Å². The highest BCUT2D eigenvalue weighted by Gasteiger charge is 2.21. The molecule has 1 heterocycles. The molecule has 0 saturated carbocycles. The second-order valence-corrected chi connectivity index (χ2v) is 6.94. The first-order chi connectivity index (χ1) is 13.4. The average Bonchev–Trinajstić information content (AvgIpc) is 3.08. The summed E-state index contributed by atoms with van der Waals surface area (Å²) in [6.07, 6.45) is 0.0367. The van der Waals surface area contributed by atoms with Crippen molar-refractivity contribution in [2.24, 2.45) is 0 Å². The van der Waals surface area contributed by atoms with Crippen LogP contribution in [0.5, 0.6) is 5.75 Å². The van der Waals surface area contributed by atoms with Crippen LogP contribution in [0.15, 0.2) is 48.5 Å². The molecule has 146 valence electrons. The van der Waals surface area contributed by atoms with E-state index in [0.717, 1.165) is 5.56 Å². The molecule has 8 heteroatoms. The molecule has 0 bridgehead atoms. The van der Waals surface area contributed by atoms with Gasteiger partial charge >= 0.3 is 6.03 Å². The lowest BCUT2D eigenvalue weighted by molar-refractivity contribution is 0.242. The van der Waals surface area contributed by atoms with Gasteiger partial charge in [-0.1, -0.05) is 41.9 Å². The summed E-state index contributed by atoms with van der Waals surface area (Å²) in [6.45, 7) is 5.67. The van der Waals surface area contributed by atoms with Crippen LogP contribution in [0.1, 0.15) is 37.1 Å². The number of ether oxygens (including phenoxy) is 1. The zero-order valence-electron chi connectivity index (χ0n) is 15.9. The molecule has 0 aliphatic carbocycles. The third-order valence-corrected chi connectivity index (χ3v) is 4.15. The maximum atomic E-state index is 12.6. The largest absolute Gasteiger partial charge is 0.491 e. The van der Waals surface area contributed by atoms with Gasteiger partial charge in [-0.2, -0.15) is 5.10 Å². The number of H-pyrrole nitrogens is 1. The van der Waals surface area contributed by atoms with Gasteiger partial charge in [0.25, 0.3) is 0 Å². The number of amides is 2. The number of hydrogen-bond acceptors (Lipinski definition) is 4. The molecule has 0 fully saturated rings. The molecule has 1 aromatic heterocycles. The maximum Gasteiger partial charge on any atom is 0.320 e. The number of hydrogen-bond donors (Lipinski definition) is 3. The summed E-state index contributed by atoms with van der Waals surface area (Å²) >= 11 is 6.28. The Labute approximate surface area is 168 Å². The quantitative estimate of drug-likeness (QED) is 0.570. The number of nitrogens with zero attached hydrogens (tertiary/aromatic N) is 2. The Morgan fingerprint density at radius 3 is 2.54 bits per heavy atom. The van der Waals surface area contributed by atoms with Gasteiger partial charge in [0, 0.05) is 6.07 Å². The molecule has 3 N–H and O–H groups in total. The molecular formula is C20H22ClN5O2. The lowest BCUT2D eigenvalue weighted by atomic mass is 10.1. The van der Waals surface area contributed by atoms with Gasteiger partial charge in [0.05, 0.1) is 16.8 Å². The van der Waals surface area contributed by atoms with Crippen molar-refractivity contribution in [3.63, 3.8) is 0 Å². The number of rotatable bonds is 6. The lowest BCUT2D eigenvalue weighted by Crippen LogP contribution is -2.34. The van der Waals surface area contributed by atoms with Crippen LogP contribution >= 0.6 is 11.6 Å². The second kappa shape index (κ2) is 8.75. The minimum Gasteiger partial charge on any atom is -0.491 e. The van der Waals surface area contributed by atoms with E-state index < -0.39 is 12.1 Å². The van der Waals surface area contributed by atoms with Crippen molar-refractivity contribution in [2.45, 2.75) is 32.9 Å². The summed E-state index contributed by atoms with van der Waals surface area (Å²) in [5.41, 5.74) is 1.34. The summed E-state index contributed by atoms with van der Waals surface area (Å²) in [6, 6.07) is 13.7. The molecule has 0 spiro atoms. The standard InChI is InChI=1S/C20H22ClN5O2/c1-12(2)28-15-9-10-17(16(21)11-15)23-20(27)24-18(14-7-5-4-6-8-14)19-22-13(3)25-26-19/h4-12,18H,1-3H3,(H,22,25,26)(H2,23,24,27). The second-order valence-electron chi connectivity index (χ2n) is 6.53. The number of carbonyl (C=O) groups excluding carboxylic acids is 1. The minimum absolute atomic E-state index is 0.0367. The SMILES string of the molecule is Cc1nc(C(NC(=O)Nc2ccc(OC(C)C)cc2Cl)c2ccccc2)n[nH]1. The molecule has 0 radical (unpaired) electrons. The number of halogens is 1. The zero-order chi connectivity index (χ0) is 20.1. The molecule has 3 aromatic rings. The van der Waals surface area contributed by atoms with Crippen molar-refractivity contribution in [3.05, 3.63) is 70.8 Å². The van der Waals surface area contributed by atoms with Crippen LogP contribution in [0.25, 0.3) is 0 Å². The van der Waals surface area contributed by atoms with Gasteiger partial charge in [0.15, 0.2) is 5.82 Å². The highest BCUT2D eigenvalue weighted by atomic mass is 35.5. The van der Waals surface area contributed by atoms with Crippen LogP contribution in [-0.2, 0) is 0 Å². The number of aryl methyl sites for hydroxylation is 1. The number of aromatic amines is 1. The molecule has 7 nitrogen and oxygen atoms in total. The van der Waals surface area contributed by atoms with Crippen LogP contribution in [0.3, 0.4) is 0 Å². The van der Waals surface area contributed by atoms with E-state index in [1.165, 1.54) is 0 Å². The number of urea groups is 1. The van der Waals surface area contributed by atoms with Gasteiger partial charge in [0.2, 0.25) is 0 Å². The smallest absolute Gasteiger partial charge is 0.320 e. The van der Waals surface area contributed by atoms with Crippen molar-refractivity contribution in [2.75, 3.05) is 5.32 Å². The normalized spacial score (nSPS) is 11.9. The Bertz CT molecular complexity index is 943. The van der Waals surface area contributed by atoms with Gasteiger partial charge in [-0.05, 0) is 38.5 Å². The molecule has 2 aromatic carbocycles. The van der Waals surface area contributed by atoms with Crippen LogP contribution in [0.2, 0.25) is 5.02 Å². The van der Waals surface area contributed by atoms with Gasteiger partial charge in [-0.3, -0.25) is 5.10 Å². The van der Waals surface area contributed by atoms with Crippen LogP contribution < -0.4 is 15.4 Å². The number of carbonyl (C=O) groups is 1. The molecule has 2 amide bonds. The number of anilines is 1. The highest BCUT2D eigenvalue weighted by Crippen LogP contribution is 2.27. The third kappa shape index (κ3) is 5.01. The Kier molecular flexibility index (Phi) is 6.16. The van der Waals surface area contributed by atoms with Gasteiger partial charge in [-0.25, -0.2) is 9.78 Å². The number of benzene rings is 2. The van der Waals surface area contributed by atoms with E-state index in [9.17, 15) is 4.79 Å². The fourth-order valence-corrected chi connectivity index (χ4v) is 2.88. The predicted octanol–water partition coefficient (Wildman–Crippen LogP) is 4.46. The summed E-state index contributed by atoms with van der Waals surface area (Å²) in [5, 5.41) is 13.0. The van der Waals surface area contributed by atoms with E-state index in [1.807, 2.05) is 44.2 Å².